The Morgan fingerprint density at radius 3 is 2.75 bits per heavy atom. The van der Waals surface area contributed by atoms with Gasteiger partial charge in [0.05, 0.1) is 5.69 Å². The highest BCUT2D eigenvalue weighted by molar-refractivity contribution is 5.81. The summed E-state index contributed by atoms with van der Waals surface area (Å²) in [6.07, 6.45) is 7.91. The summed E-state index contributed by atoms with van der Waals surface area (Å²) in [4.78, 5) is 24.1. The molecule has 0 bridgehead atoms. The zero-order valence-corrected chi connectivity index (χ0v) is 19.3. The summed E-state index contributed by atoms with van der Waals surface area (Å²) in [6.45, 7) is 7.15. The summed E-state index contributed by atoms with van der Waals surface area (Å²) in [6, 6.07) is 8.42. The molecule has 2 aromatic rings. The lowest BCUT2D eigenvalue weighted by molar-refractivity contribution is -0.134. The number of nitrogens with one attached hydrogen (secondary N) is 2. The lowest BCUT2D eigenvalue weighted by Crippen LogP contribution is -2.45. The molecule has 2 heterocycles. The second-order valence-corrected chi connectivity index (χ2v) is 8.92. The van der Waals surface area contributed by atoms with Gasteiger partial charge in [0.15, 0.2) is 5.96 Å². The van der Waals surface area contributed by atoms with Gasteiger partial charge in [-0.25, -0.2) is 4.98 Å². The molecule has 1 aromatic heterocycles. The Balaban J connectivity index is 1.28. The van der Waals surface area contributed by atoms with E-state index in [4.69, 9.17) is 9.41 Å². The molecule has 1 amide bonds. The van der Waals surface area contributed by atoms with Gasteiger partial charge in [0, 0.05) is 50.1 Å². The van der Waals surface area contributed by atoms with Gasteiger partial charge in [0.2, 0.25) is 11.8 Å². The van der Waals surface area contributed by atoms with Crippen LogP contribution in [0.4, 0.5) is 0 Å². The highest BCUT2D eigenvalue weighted by Gasteiger charge is 2.32. The molecule has 1 aliphatic carbocycles. The van der Waals surface area contributed by atoms with Crippen LogP contribution in [0.5, 0.6) is 0 Å². The molecule has 1 unspecified atom stereocenters. The number of amides is 1. The Morgan fingerprint density at radius 1 is 1.22 bits per heavy atom. The van der Waals surface area contributed by atoms with Gasteiger partial charge in [-0.2, -0.15) is 0 Å². The van der Waals surface area contributed by atoms with E-state index in [0.717, 1.165) is 56.1 Å². The molecule has 0 spiro atoms. The quantitative estimate of drug-likeness (QED) is 0.511. The van der Waals surface area contributed by atoms with Gasteiger partial charge in [0.25, 0.3) is 0 Å². The van der Waals surface area contributed by atoms with Crippen LogP contribution in [0, 0.1) is 12.8 Å². The molecule has 7 heteroatoms. The molecular weight excluding hydrogens is 402 g/mol. The molecule has 2 fully saturated rings. The van der Waals surface area contributed by atoms with Crippen LogP contribution in [0.3, 0.4) is 0 Å². The van der Waals surface area contributed by atoms with Gasteiger partial charge < -0.3 is 20.0 Å². The van der Waals surface area contributed by atoms with E-state index in [1.165, 1.54) is 18.4 Å². The second-order valence-electron chi connectivity index (χ2n) is 8.92. The van der Waals surface area contributed by atoms with E-state index in [1.807, 2.05) is 17.0 Å². The predicted molar refractivity (Wildman–Crippen MR) is 126 cm³/mol. The Morgan fingerprint density at radius 2 is 2.00 bits per heavy atom. The second kappa shape index (κ2) is 10.7. The van der Waals surface area contributed by atoms with E-state index in [1.54, 1.807) is 6.26 Å². The molecular formula is C25H35N5O2. The predicted octanol–water partition coefficient (Wildman–Crippen LogP) is 3.54. The topological polar surface area (TPSA) is 82.8 Å². The van der Waals surface area contributed by atoms with E-state index in [0.29, 0.717) is 24.8 Å². The molecule has 32 heavy (non-hydrogen) atoms. The lowest BCUT2D eigenvalue weighted by Gasteiger charge is -2.21. The van der Waals surface area contributed by atoms with E-state index in [9.17, 15) is 4.79 Å². The molecule has 1 saturated heterocycles. The van der Waals surface area contributed by atoms with Crippen molar-refractivity contribution in [3.8, 4) is 11.5 Å². The standard InChI is InChI=1S/C25H35N5O2/c1-3-26-25(29-21-13-15-30(16-21)24(31)20-6-4-5-7-20)27-14-12-22-17-32-23(28-22)19-10-8-18(2)9-11-19/h8-11,17,20-21H,3-7,12-16H2,1-2H3,(H2,26,27,29). The molecule has 1 saturated carbocycles. The van der Waals surface area contributed by atoms with Crippen molar-refractivity contribution >= 4 is 11.9 Å². The summed E-state index contributed by atoms with van der Waals surface area (Å²) >= 11 is 0. The number of likely N-dealkylation sites (tertiary alicyclic amines) is 1. The molecule has 1 aromatic carbocycles. The molecule has 2 N–H and O–H groups in total. The normalized spacial score (nSPS) is 19.5. The average Bonchev–Trinajstić information content (AvgIpc) is 3.56. The van der Waals surface area contributed by atoms with E-state index in [2.05, 4.69) is 41.6 Å². The first-order valence-electron chi connectivity index (χ1n) is 12.0. The number of aromatic nitrogens is 1. The molecule has 0 radical (unpaired) electrons. The minimum absolute atomic E-state index is 0.248. The summed E-state index contributed by atoms with van der Waals surface area (Å²) in [5.74, 6) is 2.05. The Kier molecular flexibility index (Phi) is 7.45. The number of hydrogen-bond acceptors (Lipinski definition) is 4. The zero-order chi connectivity index (χ0) is 22.3. The maximum atomic E-state index is 12.7. The van der Waals surface area contributed by atoms with Crippen LogP contribution in [0.25, 0.3) is 11.5 Å². The first kappa shape index (κ1) is 22.4. The van der Waals surface area contributed by atoms with Crippen LogP contribution in [0.15, 0.2) is 39.9 Å². The summed E-state index contributed by atoms with van der Waals surface area (Å²) in [5.41, 5.74) is 3.10. The third-order valence-electron chi connectivity index (χ3n) is 6.38. The van der Waals surface area contributed by atoms with Crippen molar-refractivity contribution in [3.05, 3.63) is 41.8 Å². The zero-order valence-electron chi connectivity index (χ0n) is 19.3. The monoisotopic (exact) mass is 437 g/mol. The van der Waals surface area contributed by atoms with Crippen molar-refractivity contribution in [2.24, 2.45) is 10.9 Å². The first-order valence-corrected chi connectivity index (χ1v) is 12.0. The van der Waals surface area contributed by atoms with Crippen LogP contribution in [-0.4, -0.2) is 54.0 Å². The molecule has 7 nitrogen and oxygen atoms in total. The highest BCUT2D eigenvalue weighted by Crippen LogP contribution is 2.27. The van der Waals surface area contributed by atoms with Gasteiger partial charge in [-0.05, 0) is 45.2 Å². The molecule has 1 aliphatic heterocycles. The number of carbonyl (C=O) groups is 1. The summed E-state index contributed by atoms with van der Waals surface area (Å²) in [7, 11) is 0. The number of rotatable bonds is 7. The first-order chi connectivity index (χ1) is 15.6. The molecule has 172 valence electrons. The van der Waals surface area contributed by atoms with Crippen molar-refractivity contribution in [1.29, 1.82) is 0 Å². The number of aryl methyl sites for hydroxylation is 1. The number of benzene rings is 1. The number of oxazole rings is 1. The van der Waals surface area contributed by atoms with Crippen molar-refractivity contribution in [1.82, 2.24) is 20.5 Å². The van der Waals surface area contributed by atoms with E-state index >= 15 is 0 Å². The van der Waals surface area contributed by atoms with Gasteiger partial charge in [-0.15, -0.1) is 0 Å². The van der Waals surface area contributed by atoms with Crippen LogP contribution in [0.1, 0.15) is 50.3 Å². The van der Waals surface area contributed by atoms with Gasteiger partial charge in [0.1, 0.15) is 6.26 Å². The van der Waals surface area contributed by atoms with Crippen LogP contribution in [0.2, 0.25) is 0 Å². The number of nitrogens with zero attached hydrogens (tertiary/aromatic N) is 3. The maximum Gasteiger partial charge on any atom is 0.226 e. The minimum atomic E-state index is 0.248. The third kappa shape index (κ3) is 5.69. The van der Waals surface area contributed by atoms with Crippen molar-refractivity contribution < 1.29 is 9.21 Å². The fourth-order valence-electron chi connectivity index (χ4n) is 4.56. The summed E-state index contributed by atoms with van der Waals surface area (Å²) < 4.78 is 5.65. The van der Waals surface area contributed by atoms with Crippen molar-refractivity contribution in [3.63, 3.8) is 0 Å². The fourth-order valence-corrected chi connectivity index (χ4v) is 4.56. The number of hydrogen-bond donors (Lipinski definition) is 2. The van der Waals surface area contributed by atoms with Gasteiger partial charge in [-0.3, -0.25) is 9.79 Å². The Labute approximate surface area is 190 Å². The van der Waals surface area contributed by atoms with E-state index in [-0.39, 0.29) is 12.0 Å². The lowest BCUT2D eigenvalue weighted by atomic mass is 10.1. The third-order valence-corrected chi connectivity index (χ3v) is 6.38. The van der Waals surface area contributed by atoms with Crippen molar-refractivity contribution in [2.75, 3.05) is 26.2 Å². The molecule has 1 atom stereocenters. The number of guanidine groups is 1. The van der Waals surface area contributed by atoms with Crippen LogP contribution >= 0.6 is 0 Å². The highest BCUT2D eigenvalue weighted by atomic mass is 16.3. The number of carbonyl (C=O) groups excluding carboxylic acids is 1. The SMILES string of the molecule is CCNC(=NCCc1coc(-c2ccc(C)cc2)n1)NC1CCN(C(=O)C2CCCC2)C1. The van der Waals surface area contributed by atoms with E-state index < -0.39 is 0 Å². The fraction of sp³-hybridized carbons (Fsp3) is 0.560. The number of aliphatic imine (C=N–C) groups is 1. The van der Waals surface area contributed by atoms with Gasteiger partial charge in [-0.1, -0.05) is 30.5 Å². The van der Waals surface area contributed by atoms with Crippen LogP contribution in [-0.2, 0) is 11.2 Å². The Hall–Kier alpha value is -2.83. The average molecular weight is 438 g/mol. The largest absolute Gasteiger partial charge is 0.444 e. The summed E-state index contributed by atoms with van der Waals surface area (Å²) in [5, 5.41) is 6.84. The maximum absolute atomic E-state index is 12.7. The smallest absolute Gasteiger partial charge is 0.226 e. The van der Waals surface area contributed by atoms with Gasteiger partial charge >= 0.3 is 0 Å². The van der Waals surface area contributed by atoms with Crippen molar-refractivity contribution in [2.45, 2.75) is 58.4 Å². The Bertz CT molecular complexity index is 915. The molecule has 4 rings (SSSR count). The minimum Gasteiger partial charge on any atom is -0.444 e. The molecule has 2 aliphatic rings. The van der Waals surface area contributed by atoms with Crippen LogP contribution < -0.4 is 10.6 Å².